The number of halogens is 2. The minimum atomic E-state index is -0.859. The van der Waals surface area contributed by atoms with Crippen molar-refractivity contribution in [2.24, 2.45) is 7.05 Å². The minimum Gasteiger partial charge on any atom is -0.328 e. The number of rotatable bonds is 4. The van der Waals surface area contributed by atoms with E-state index in [4.69, 9.17) is 0 Å². The van der Waals surface area contributed by atoms with Crippen LogP contribution in [-0.4, -0.2) is 24.3 Å². The highest BCUT2D eigenvalue weighted by Gasteiger charge is 2.11. The lowest BCUT2D eigenvalue weighted by Gasteiger charge is -2.08. The van der Waals surface area contributed by atoms with E-state index in [2.05, 4.69) is 20.4 Å². The monoisotopic (exact) mass is 340 g/mol. The number of hydrogen-bond donors (Lipinski definition) is 1. The standard InChI is InChI=1S/C17H14F2N6/c1-24-10-13(8-21-24)22-17-20-7-11-5-6-25(16(11)23-17)9-12-3-2-4-14(18)15(12)19/h2-8,10H,9H2,1H3,(H,20,22,23). The van der Waals surface area contributed by atoms with E-state index < -0.39 is 11.6 Å². The van der Waals surface area contributed by atoms with E-state index in [-0.39, 0.29) is 12.1 Å². The van der Waals surface area contributed by atoms with Crippen LogP contribution < -0.4 is 5.32 Å². The molecule has 0 fully saturated rings. The zero-order valence-electron chi connectivity index (χ0n) is 13.3. The fourth-order valence-corrected chi connectivity index (χ4v) is 2.63. The summed E-state index contributed by atoms with van der Waals surface area (Å²) in [6.07, 6.45) is 6.92. The molecule has 3 heterocycles. The Bertz CT molecular complexity index is 1050. The number of hydrogen-bond acceptors (Lipinski definition) is 4. The Labute approximate surface area is 141 Å². The average molecular weight is 340 g/mol. The average Bonchev–Trinajstić information content (AvgIpc) is 3.18. The number of aromatic nitrogens is 5. The largest absolute Gasteiger partial charge is 0.328 e. The topological polar surface area (TPSA) is 60.6 Å². The fourth-order valence-electron chi connectivity index (χ4n) is 2.63. The minimum absolute atomic E-state index is 0.177. The summed E-state index contributed by atoms with van der Waals surface area (Å²) in [5, 5.41) is 7.95. The summed E-state index contributed by atoms with van der Waals surface area (Å²) in [5.41, 5.74) is 1.65. The number of aryl methyl sites for hydroxylation is 1. The van der Waals surface area contributed by atoms with Crippen LogP contribution in [0.1, 0.15) is 5.56 Å². The Morgan fingerprint density at radius 2 is 2.04 bits per heavy atom. The first-order valence-corrected chi connectivity index (χ1v) is 7.60. The molecule has 25 heavy (non-hydrogen) atoms. The molecule has 1 N–H and O–H groups in total. The van der Waals surface area contributed by atoms with Crippen LogP contribution in [0.15, 0.2) is 49.1 Å². The van der Waals surface area contributed by atoms with Gasteiger partial charge in [0, 0.05) is 36.6 Å². The second-order valence-corrected chi connectivity index (χ2v) is 5.66. The third-order valence-electron chi connectivity index (χ3n) is 3.84. The van der Waals surface area contributed by atoms with E-state index in [1.165, 1.54) is 6.07 Å². The first-order valence-electron chi connectivity index (χ1n) is 7.60. The highest BCUT2D eigenvalue weighted by atomic mass is 19.2. The number of nitrogens with zero attached hydrogens (tertiary/aromatic N) is 5. The summed E-state index contributed by atoms with van der Waals surface area (Å²) in [5.74, 6) is -1.30. The van der Waals surface area contributed by atoms with Crippen LogP contribution >= 0.6 is 0 Å². The Morgan fingerprint density at radius 1 is 1.16 bits per heavy atom. The molecule has 8 heteroatoms. The first-order chi connectivity index (χ1) is 12.1. The van der Waals surface area contributed by atoms with Crippen LogP contribution in [0.4, 0.5) is 20.4 Å². The van der Waals surface area contributed by atoms with Crippen molar-refractivity contribution in [2.75, 3.05) is 5.32 Å². The molecule has 4 rings (SSSR count). The maximum atomic E-state index is 13.9. The van der Waals surface area contributed by atoms with Gasteiger partial charge in [-0.3, -0.25) is 4.68 Å². The number of benzene rings is 1. The van der Waals surface area contributed by atoms with Gasteiger partial charge in [-0.2, -0.15) is 10.1 Å². The highest BCUT2D eigenvalue weighted by molar-refractivity contribution is 5.76. The quantitative estimate of drug-likeness (QED) is 0.620. The van der Waals surface area contributed by atoms with E-state index in [1.54, 1.807) is 40.1 Å². The smallest absolute Gasteiger partial charge is 0.229 e. The molecule has 0 saturated heterocycles. The predicted molar refractivity (Wildman–Crippen MR) is 89.5 cm³/mol. The molecule has 0 bridgehead atoms. The van der Waals surface area contributed by atoms with Gasteiger partial charge in [0.2, 0.25) is 5.95 Å². The van der Waals surface area contributed by atoms with Gasteiger partial charge in [-0.25, -0.2) is 13.8 Å². The molecule has 0 radical (unpaired) electrons. The molecule has 3 aromatic heterocycles. The maximum absolute atomic E-state index is 13.9. The van der Waals surface area contributed by atoms with Crippen molar-refractivity contribution in [1.82, 2.24) is 24.3 Å². The Kier molecular flexibility index (Phi) is 3.64. The molecule has 0 spiro atoms. The third-order valence-corrected chi connectivity index (χ3v) is 3.84. The van der Waals surface area contributed by atoms with Crippen molar-refractivity contribution in [3.8, 4) is 0 Å². The van der Waals surface area contributed by atoms with E-state index in [0.29, 0.717) is 11.6 Å². The Hall–Kier alpha value is -3.29. The Balaban J connectivity index is 1.67. The highest BCUT2D eigenvalue weighted by Crippen LogP contribution is 2.20. The van der Waals surface area contributed by atoms with Crippen LogP contribution in [0.25, 0.3) is 11.0 Å². The fraction of sp³-hybridized carbons (Fsp3) is 0.118. The summed E-state index contributed by atoms with van der Waals surface area (Å²) in [7, 11) is 1.81. The van der Waals surface area contributed by atoms with Crippen molar-refractivity contribution in [2.45, 2.75) is 6.54 Å². The van der Waals surface area contributed by atoms with Gasteiger partial charge in [-0.1, -0.05) is 12.1 Å². The van der Waals surface area contributed by atoms with Crippen LogP contribution in [0.2, 0.25) is 0 Å². The molecule has 0 aliphatic heterocycles. The molecule has 6 nitrogen and oxygen atoms in total. The summed E-state index contributed by atoms with van der Waals surface area (Å²) < 4.78 is 30.7. The summed E-state index contributed by atoms with van der Waals surface area (Å²) in [4.78, 5) is 8.73. The van der Waals surface area contributed by atoms with Gasteiger partial charge in [-0.15, -0.1) is 0 Å². The molecule has 4 aromatic rings. The van der Waals surface area contributed by atoms with E-state index >= 15 is 0 Å². The van der Waals surface area contributed by atoms with Crippen molar-refractivity contribution in [1.29, 1.82) is 0 Å². The van der Waals surface area contributed by atoms with Gasteiger partial charge in [0.15, 0.2) is 11.6 Å². The molecule has 1 aromatic carbocycles. The second-order valence-electron chi connectivity index (χ2n) is 5.66. The van der Waals surface area contributed by atoms with E-state index in [1.807, 2.05) is 13.1 Å². The number of anilines is 2. The summed E-state index contributed by atoms with van der Waals surface area (Å²) in [6.45, 7) is 0.177. The van der Waals surface area contributed by atoms with Crippen LogP contribution in [-0.2, 0) is 13.6 Å². The van der Waals surface area contributed by atoms with Gasteiger partial charge in [0.1, 0.15) is 5.65 Å². The SMILES string of the molecule is Cn1cc(Nc2ncc3ccn(Cc4cccc(F)c4F)c3n2)cn1. The van der Waals surface area contributed by atoms with Gasteiger partial charge in [-0.05, 0) is 12.1 Å². The second kappa shape index (κ2) is 5.97. The molecule has 0 atom stereocenters. The lowest BCUT2D eigenvalue weighted by Crippen LogP contribution is -2.04. The molecule has 0 aliphatic carbocycles. The summed E-state index contributed by atoms with van der Waals surface area (Å²) in [6, 6.07) is 5.98. The van der Waals surface area contributed by atoms with Crippen LogP contribution in [0.5, 0.6) is 0 Å². The third kappa shape index (κ3) is 2.93. The predicted octanol–water partition coefficient (Wildman–Crippen LogP) is 3.23. The molecule has 0 unspecified atom stereocenters. The van der Waals surface area contributed by atoms with Crippen LogP contribution in [0, 0.1) is 11.6 Å². The molecule has 126 valence electrons. The van der Waals surface area contributed by atoms with Gasteiger partial charge in [0.25, 0.3) is 0 Å². The Morgan fingerprint density at radius 3 is 2.84 bits per heavy atom. The van der Waals surface area contributed by atoms with Crippen molar-refractivity contribution in [3.05, 3.63) is 66.3 Å². The van der Waals surface area contributed by atoms with E-state index in [0.717, 1.165) is 17.1 Å². The molecule has 0 amide bonds. The first kappa shape index (κ1) is 15.3. The lowest BCUT2D eigenvalue weighted by atomic mass is 10.2. The zero-order chi connectivity index (χ0) is 17.4. The van der Waals surface area contributed by atoms with Gasteiger partial charge >= 0.3 is 0 Å². The normalized spacial score (nSPS) is 11.2. The molecule has 0 saturated carbocycles. The van der Waals surface area contributed by atoms with Crippen molar-refractivity contribution in [3.63, 3.8) is 0 Å². The van der Waals surface area contributed by atoms with Crippen LogP contribution in [0.3, 0.4) is 0 Å². The van der Waals surface area contributed by atoms with Crippen molar-refractivity contribution < 1.29 is 8.78 Å². The molecular formula is C17H14F2N6. The molecule has 0 aliphatic rings. The van der Waals surface area contributed by atoms with Gasteiger partial charge < -0.3 is 9.88 Å². The van der Waals surface area contributed by atoms with Crippen molar-refractivity contribution >= 4 is 22.7 Å². The maximum Gasteiger partial charge on any atom is 0.229 e. The lowest BCUT2D eigenvalue weighted by molar-refractivity contribution is 0.496. The number of nitrogens with one attached hydrogen (secondary N) is 1. The zero-order valence-corrected chi connectivity index (χ0v) is 13.3. The molecular weight excluding hydrogens is 326 g/mol. The van der Waals surface area contributed by atoms with E-state index in [9.17, 15) is 8.78 Å². The number of fused-ring (bicyclic) bond motifs is 1. The van der Waals surface area contributed by atoms with Gasteiger partial charge in [0.05, 0.1) is 18.4 Å². The summed E-state index contributed by atoms with van der Waals surface area (Å²) >= 11 is 0.